The van der Waals surface area contributed by atoms with Gasteiger partial charge in [0.1, 0.15) is 0 Å². The number of rotatable bonds is 1. The van der Waals surface area contributed by atoms with Crippen LogP contribution in [0.4, 0.5) is 0 Å². The van der Waals surface area contributed by atoms with Crippen LogP contribution in [0.1, 0.15) is 16.8 Å². The molecule has 2 rings (SSSR count). The van der Waals surface area contributed by atoms with E-state index >= 15 is 0 Å². The third-order valence-corrected chi connectivity index (χ3v) is 2.57. The van der Waals surface area contributed by atoms with Gasteiger partial charge in [0, 0.05) is 30.9 Å². The Bertz CT molecular complexity index is 495. The molecule has 0 bridgehead atoms. The normalized spacial score (nSPS) is 16.2. The summed E-state index contributed by atoms with van der Waals surface area (Å²) in [4.78, 5) is 38.4. The van der Waals surface area contributed by atoms with Gasteiger partial charge in [0.15, 0.2) is 0 Å². The minimum atomic E-state index is -0.324. The summed E-state index contributed by atoms with van der Waals surface area (Å²) >= 11 is 0. The number of carbonyl (C=O) groups excluding carboxylic acids is 2. The maximum atomic E-state index is 12.0. The van der Waals surface area contributed by atoms with Gasteiger partial charge < -0.3 is 15.2 Å². The van der Waals surface area contributed by atoms with Gasteiger partial charge in [0.25, 0.3) is 5.91 Å². The zero-order valence-electron chi connectivity index (χ0n) is 9.23. The smallest absolute Gasteiger partial charge is 0.254 e. The minimum Gasteiger partial charge on any atom is -0.354 e. The Labute approximate surface area is 97.6 Å². The van der Waals surface area contributed by atoms with Crippen LogP contribution in [0.25, 0.3) is 0 Å². The Balaban J connectivity index is 2.18. The Kier molecular flexibility index (Phi) is 3.22. The van der Waals surface area contributed by atoms with Crippen molar-refractivity contribution in [3.05, 3.63) is 34.2 Å². The Morgan fingerprint density at radius 1 is 1.35 bits per heavy atom. The summed E-state index contributed by atoms with van der Waals surface area (Å²) in [7, 11) is 0. The summed E-state index contributed by atoms with van der Waals surface area (Å²) in [6, 6.07) is 2.78. The topological polar surface area (TPSA) is 82.3 Å². The molecule has 1 aliphatic rings. The fraction of sp³-hybridized carbons (Fsp3) is 0.364. The fourth-order valence-electron chi connectivity index (χ4n) is 1.74. The van der Waals surface area contributed by atoms with Crippen LogP contribution in [-0.2, 0) is 4.79 Å². The molecule has 2 heterocycles. The second-order valence-corrected chi connectivity index (χ2v) is 3.87. The van der Waals surface area contributed by atoms with Crippen molar-refractivity contribution in [3.8, 4) is 0 Å². The van der Waals surface area contributed by atoms with Gasteiger partial charge in [0.2, 0.25) is 11.5 Å². The van der Waals surface area contributed by atoms with Gasteiger partial charge in [-0.3, -0.25) is 14.4 Å². The number of hydrogen-bond acceptors (Lipinski definition) is 3. The molecule has 1 aromatic rings. The lowest BCUT2D eigenvalue weighted by molar-refractivity contribution is -0.121. The van der Waals surface area contributed by atoms with Gasteiger partial charge in [-0.2, -0.15) is 0 Å². The van der Waals surface area contributed by atoms with E-state index in [0.29, 0.717) is 18.7 Å². The van der Waals surface area contributed by atoms with Crippen molar-refractivity contribution in [2.75, 3.05) is 19.6 Å². The summed E-state index contributed by atoms with van der Waals surface area (Å²) < 4.78 is 0. The van der Waals surface area contributed by atoms with Gasteiger partial charge in [-0.15, -0.1) is 0 Å². The summed E-state index contributed by atoms with van der Waals surface area (Å²) in [5.74, 6) is -0.450. The van der Waals surface area contributed by atoms with Crippen LogP contribution < -0.4 is 10.9 Å². The van der Waals surface area contributed by atoms with Gasteiger partial charge in [-0.1, -0.05) is 0 Å². The Hall–Kier alpha value is -2.11. The van der Waals surface area contributed by atoms with Gasteiger partial charge in [-0.25, -0.2) is 0 Å². The number of nitrogens with zero attached hydrogens (tertiary/aromatic N) is 1. The standard InChI is InChI=1S/C11H13N3O3/c15-9-6-8(2-4-13-9)11(17)14-5-1-3-12-10(16)7-14/h2,4,6H,1,3,5,7H2,(H,12,16)(H,13,15). The van der Waals surface area contributed by atoms with Crippen molar-refractivity contribution >= 4 is 11.8 Å². The third kappa shape index (κ3) is 2.72. The average molecular weight is 235 g/mol. The Morgan fingerprint density at radius 3 is 2.94 bits per heavy atom. The van der Waals surface area contributed by atoms with Gasteiger partial charge in [0.05, 0.1) is 6.54 Å². The van der Waals surface area contributed by atoms with E-state index in [4.69, 9.17) is 0 Å². The summed E-state index contributed by atoms with van der Waals surface area (Å²) in [5.41, 5.74) is -0.0152. The number of pyridine rings is 1. The zero-order valence-corrected chi connectivity index (χ0v) is 9.23. The second-order valence-electron chi connectivity index (χ2n) is 3.87. The number of aromatic nitrogens is 1. The number of nitrogens with one attached hydrogen (secondary N) is 2. The first kappa shape index (κ1) is 11.4. The maximum absolute atomic E-state index is 12.0. The van der Waals surface area contributed by atoms with E-state index in [1.165, 1.54) is 23.2 Å². The summed E-state index contributed by atoms with van der Waals surface area (Å²) in [5, 5.41) is 2.69. The largest absolute Gasteiger partial charge is 0.354 e. The highest BCUT2D eigenvalue weighted by molar-refractivity contribution is 5.96. The molecule has 0 radical (unpaired) electrons. The van der Waals surface area contributed by atoms with E-state index in [-0.39, 0.29) is 23.9 Å². The summed E-state index contributed by atoms with van der Waals surface area (Å²) in [6.45, 7) is 1.15. The molecule has 0 spiro atoms. The number of hydrogen-bond donors (Lipinski definition) is 2. The van der Waals surface area contributed by atoms with Gasteiger partial charge in [-0.05, 0) is 12.5 Å². The molecule has 0 saturated carbocycles. The molecule has 2 amide bonds. The van der Waals surface area contributed by atoms with E-state index in [9.17, 15) is 14.4 Å². The molecule has 0 unspecified atom stereocenters. The number of carbonyl (C=O) groups is 2. The fourth-order valence-corrected chi connectivity index (χ4v) is 1.74. The molecular formula is C11H13N3O3. The van der Waals surface area contributed by atoms with Crippen LogP contribution in [-0.4, -0.2) is 41.3 Å². The van der Waals surface area contributed by atoms with Crippen molar-refractivity contribution < 1.29 is 9.59 Å². The lowest BCUT2D eigenvalue weighted by atomic mass is 10.2. The second kappa shape index (κ2) is 4.82. The van der Waals surface area contributed by atoms with E-state index in [0.717, 1.165) is 6.42 Å². The molecule has 0 aliphatic carbocycles. The molecule has 90 valence electrons. The molecular weight excluding hydrogens is 222 g/mol. The van der Waals surface area contributed by atoms with E-state index in [2.05, 4.69) is 10.3 Å². The van der Waals surface area contributed by atoms with Crippen LogP contribution in [0.3, 0.4) is 0 Å². The van der Waals surface area contributed by atoms with Crippen molar-refractivity contribution in [1.29, 1.82) is 0 Å². The van der Waals surface area contributed by atoms with Crippen molar-refractivity contribution in [1.82, 2.24) is 15.2 Å². The lowest BCUT2D eigenvalue weighted by Gasteiger charge is -2.18. The van der Waals surface area contributed by atoms with E-state index < -0.39 is 0 Å². The molecule has 2 N–H and O–H groups in total. The van der Waals surface area contributed by atoms with Crippen molar-refractivity contribution in [3.63, 3.8) is 0 Å². The van der Waals surface area contributed by atoms with Crippen LogP contribution >= 0.6 is 0 Å². The van der Waals surface area contributed by atoms with Crippen LogP contribution in [0, 0.1) is 0 Å². The zero-order chi connectivity index (χ0) is 12.3. The number of aromatic amines is 1. The van der Waals surface area contributed by atoms with Crippen molar-refractivity contribution in [2.45, 2.75) is 6.42 Å². The molecule has 0 atom stereocenters. The number of H-pyrrole nitrogens is 1. The molecule has 6 nitrogen and oxygen atoms in total. The molecule has 1 aliphatic heterocycles. The predicted molar refractivity (Wildman–Crippen MR) is 60.6 cm³/mol. The molecule has 1 saturated heterocycles. The van der Waals surface area contributed by atoms with Gasteiger partial charge >= 0.3 is 0 Å². The summed E-state index contributed by atoms with van der Waals surface area (Å²) in [6.07, 6.45) is 2.15. The Morgan fingerprint density at radius 2 is 2.18 bits per heavy atom. The third-order valence-electron chi connectivity index (χ3n) is 2.57. The van der Waals surface area contributed by atoms with Crippen molar-refractivity contribution in [2.24, 2.45) is 0 Å². The van der Waals surface area contributed by atoms with Crippen LogP contribution in [0.15, 0.2) is 23.1 Å². The molecule has 6 heteroatoms. The predicted octanol–water partition coefficient (Wildman–Crippen LogP) is -0.663. The highest BCUT2D eigenvalue weighted by Gasteiger charge is 2.20. The minimum absolute atomic E-state index is 0.0473. The average Bonchev–Trinajstić information content (AvgIpc) is 2.53. The first-order valence-electron chi connectivity index (χ1n) is 5.41. The highest BCUT2D eigenvalue weighted by atomic mass is 16.2. The molecule has 17 heavy (non-hydrogen) atoms. The quantitative estimate of drug-likeness (QED) is 0.677. The SMILES string of the molecule is O=C1CN(C(=O)c2cc[nH]c(=O)c2)CCCN1. The molecule has 1 aromatic heterocycles. The van der Waals surface area contributed by atoms with Crippen LogP contribution in [0.5, 0.6) is 0 Å². The van der Waals surface area contributed by atoms with E-state index in [1.807, 2.05) is 0 Å². The maximum Gasteiger partial charge on any atom is 0.254 e. The van der Waals surface area contributed by atoms with E-state index in [1.54, 1.807) is 0 Å². The molecule has 1 fully saturated rings. The highest BCUT2D eigenvalue weighted by Crippen LogP contribution is 2.04. The first-order chi connectivity index (χ1) is 8.16. The molecule has 0 aromatic carbocycles. The van der Waals surface area contributed by atoms with Crippen LogP contribution in [0.2, 0.25) is 0 Å². The number of amides is 2. The lowest BCUT2D eigenvalue weighted by Crippen LogP contribution is -2.37. The first-order valence-corrected chi connectivity index (χ1v) is 5.41. The monoisotopic (exact) mass is 235 g/mol.